The lowest BCUT2D eigenvalue weighted by atomic mass is 9.60. The largest absolute Gasteiger partial charge is 0.381 e. The van der Waals surface area contributed by atoms with E-state index in [1.807, 2.05) is 6.92 Å². The number of nitrogens with zero attached hydrogens (tertiary/aromatic N) is 1. The molecule has 2 fully saturated rings. The van der Waals surface area contributed by atoms with Gasteiger partial charge in [-0.25, -0.2) is 0 Å². The fourth-order valence-electron chi connectivity index (χ4n) is 3.56. The molecule has 1 saturated heterocycles. The van der Waals surface area contributed by atoms with E-state index >= 15 is 0 Å². The lowest BCUT2D eigenvalue weighted by molar-refractivity contribution is -0.0552. The van der Waals surface area contributed by atoms with Crippen molar-refractivity contribution in [1.29, 1.82) is 0 Å². The molecule has 3 rings (SSSR count). The topological polar surface area (TPSA) is 47.3 Å². The van der Waals surface area contributed by atoms with Gasteiger partial charge in [0.2, 0.25) is 0 Å². The van der Waals surface area contributed by atoms with Crippen LogP contribution in [0.4, 0.5) is 0 Å². The van der Waals surface area contributed by atoms with Crippen LogP contribution in [0.25, 0.3) is 0 Å². The van der Waals surface area contributed by atoms with Gasteiger partial charge in [-0.1, -0.05) is 12.1 Å². The van der Waals surface area contributed by atoms with Gasteiger partial charge in [-0.2, -0.15) is 0 Å². The van der Waals surface area contributed by atoms with Crippen LogP contribution in [0.2, 0.25) is 0 Å². The van der Waals surface area contributed by atoms with Gasteiger partial charge in [-0.15, -0.1) is 0 Å². The second-order valence-corrected chi connectivity index (χ2v) is 5.96. The maximum absolute atomic E-state index is 5.50. The van der Waals surface area contributed by atoms with Gasteiger partial charge < -0.3 is 14.6 Å². The second kappa shape index (κ2) is 5.25. The minimum atomic E-state index is 0.510. The van der Waals surface area contributed by atoms with Crippen molar-refractivity contribution in [2.45, 2.75) is 58.5 Å². The highest BCUT2D eigenvalue weighted by Gasteiger charge is 2.46. The normalized spacial score (nSPS) is 25.5. The summed E-state index contributed by atoms with van der Waals surface area (Å²) < 4.78 is 10.8. The number of aryl methyl sites for hydroxylation is 2. The van der Waals surface area contributed by atoms with Crippen LogP contribution in [0.15, 0.2) is 4.52 Å². The van der Waals surface area contributed by atoms with Crippen LogP contribution in [-0.2, 0) is 17.7 Å². The van der Waals surface area contributed by atoms with Crippen molar-refractivity contribution in [2.24, 2.45) is 5.41 Å². The Bertz CT molecular complexity index is 435. The molecule has 0 bridgehead atoms. The number of nitrogens with one attached hydrogen (secondary N) is 1. The summed E-state index contributed by atoms with van der Waals surface area (Å²) >= 11 is 0. The molecule has 106 valence electrons. The van der Waals surface area contributed by atoms with E-state index in [2.05, 4.69) is 17.4 Å². The smallest absolute Gasteiger partial charge is 0.138 e. The molecule has 1 aliphatic heterocycles. The summed E-state index contributed by atoms with van der Waals surface area (Å²) in [5.74, 6) is 0.963. The zero-order valence-corrected chi connectivity index (χ0v) is 12.0. The monoisotopic (exact) mass is 264 g/mol. The van der Waals surface area contributed by atoms with Gasteiger partial charge in [-0.3, -0.25) is 0 Å². The quantitative estimate of drug-likeness (QED) is 0.908. The highest BCUT2D eigenvalue weighted by molar-refractivity contribution is 5.22. The Labute approximate surface area is 114 Å². The third-order valence-electron chi connectivity index (χ3n) is 5.08. The van der Waals surface area contributed by atoms with Crippen LogP contribution < -0.4 is 5.32 Å². The summed E-state index contributed by atoms with van der Waals surface area (Å²) in [5.41, 5.74) is 2.87. The average Bonchev–Trinajstić information content (AvgIpc) is 2.79. The van der Waals surface area contributed by atoms with Gasteiger partial charge >= 0.3 is 0 Å². The molecule has 2 aliphatic rings. The third-order valence-corrected chi connectivity index (χ3v) is 5.08. The number of hydrogen-bond acceptors (Lipinski definition) is 4. The molecular weight excluding hydrogens is 240 g/mol. The SMILES string of the molecule is CCc1noc(C)c1CNC1CCC12CCOCC2. The fourth-order valence-corrected chi connectivity index (χ4v) is 3.56. The van der Waals surface area contributed by atoms with Crippen LogP contribution in [0.5, 0.6) is 0 Å². The molecule has 4 heteroatoms. The Balaban J connectivity index is 1.61. The molecular formula is C15H24N2O2. The molecule has 4 nitrogen and oxygen atoms in total. The Kier molecular flexibility index (Phi) is 3.63. The minimum Gasteiger partial charge on any atom is -0.381 e. The van der Waals surface area contributed by atoms with Gasteiger partial charge in [0, 0.05) is 31.4 Å². The summed E-state index contributed by atoms with van der Waals surface area (Å²) in [4.78, 5) is 0. The summed E-state index contributed by atoms with van der Waals surface area (Å²) in [6, 6.07) is 0.649. The van der Waals surface area contributed by atoms with E-state index in [0.717, 1.165) is 37.6 Å². The van der Waals surface area contributed by atoms with Gasteiger partial charge in [0.1, 0.15) is 5.76 Å². The Morgan fingerprint density at radius 2 is 2.11 bits per heavy atom. The standard InChI is InChI=1S/C15H24N2O2/c1-3-13-12(11(2)19-17-13)10-16-14-4-5-15(14)6-8-18-9-7-15/h14,16H,3-10H2,1-2H3. The van der Waals surface area contributed by atoms with E-state index in [0.29, 0.717) is 11.5 Å². The van der Waals surface area contributed by atoms with Crippen LogP contribution in [0, 0.1) is 12.3 Å². The van der Waals surface area contributed by atoms with Gasteiger partial charge in [0.05, 0.1) is 5.69 Å². The van der Waals surface area contributed by atoms with Crippen molar-refractivity contribution in [2.75, 3.05) is 13.2 Å². The van der Waals surface area contributed by atoms with Gasteiger partial charge in [0.25, 0.3) is 0 Å². The maximum Gasteiger partial charge on any atom is 0.138 e. The summed E-state index contributed by atoms with van der Waals surface area (Å²) in [6.45, 7) is 6.90. The predicted molar refractivity (Wildman–Crippen MR) is 73.0 cm³/mol. The van der Waals surface area contributed by atoms with E-state index in [9.17, 15) is 0 Å². The molecule has 1 aromatic heterocycles. The lowest BCUT2D eigenvalue weighted by Gasteiger charge is -2.52. The van der Waals surface area contributed by atoms with Gasteiger partial charge in [-0.05, 0) is 44.4 Å². The molecule has 1 aliphatic carbocycles. The minimum absolute atomic E-state index is 0.510. The van der Waals surface area contributed by atoms with Crippen molar-refractivity contribution in [3.63, 3.8) is 0 Å². The molecule has 1 aromatic rings. The Morgan fingerprint density at radius 3 is 2.74 bits per heavy atom. The molecule has 0 amide bonds. The first-order valence-electron chi connectivity index (χ1n) is 7.50. The predicted octanol–water partition coefficient (Wildman–Crippen LogP) is 2.59. The van der Waals surface area contributed by atoms with Crippen LogP contribution in [0.3, 0.4) is 0 Å². The van der Waals surface area contributed by atoms with E-state index in [1.54, 1.807) is 0 Å². The van der Waals surface area contributed by atoms with E-state index in [4.69, 9.17) is 9.26 Å². The highest BCUT2D eigenvalue weighted by Crippen LogP contribution is 2.48. The van der Waals surface area contributed by atoms with Crippen LogP contribution in [-0.4, -0.2) is 24.4 Å². The molecule has 2 heterocycles. The summed E-state index contributed by atoms with van der Waals surface area (Å²) in [5, 5.41) is 7.87. The molecule has 0 aromatic carbocycles. The lowest BCUT2D eigenvalue weighted by Crippen LogP contribution is -2.55. The molecule has 1 saturated carbocycles. The van der Waals surface area contributed by atoms with Crippen molar-refractivity contribution >= 4 is 0 Å². The zero-order valence-electron chi connectivity index (χ0n) is 12.0. The fraction of sp³-hybridized carbons (Fsp3) is 0.800. The van der Waals surface area contributed by atoms with E-state index < -0.39 is 0 Å². The molecule has 1 atom stereocenters. The first-order valence-corrected chi connectivity index (χ1v) is 7.50. The van der Waals surface area contributed by atoms with Crippen molar-refractivity contribution in [3.8, 4) is 0 Å². The van der Waals surface area contributed by atoms with Gasteiger partial charge in [0.15, 0.2) is 0 Å². The number of rotatable bonds is 4. The van der Waals surface area contributed by atoms with E-state index in [1.165, 1.54) is 31.2 Å². The van der Waals surface area contributed by atoms with Crippen LogP contribution in [0.1, 0.15) is 49.6 Å². The molecule has 1 N–H and O–H groups in total. The van der Waals surface area contributed by atoms with Crippen molar-refractivity contribution < 1.29 is 9.26 Å². The molecule has 1 unspecified atom stereocenters. The van der Waals surface area contributed by atoms with E-state index in [-0.39, 0.29) is 0 Å². The zero-order chi connectivity index (χ0) is 13.3. The third kappa shape index (κ3) is 2.32. The van der Waals surface area contributed by atoms with Crippen molar-refractivity contribution in [1.82, 2.24) is 10.5 Å². The first kappa shape index (κ1) is 13.1. The molecule has 1 spiro atoms. The first-order chi connectivity index (χ1) is 9.25. The van der Waals surface area contributed by atoms with Crippen LogP contribution >= 0.6 is 0 Å². The Morgan fingerprint density at radius 1 is 1.32 bits per heavy atom. The number of hydrogen-bond donors (Lipinski definition) is 1. The Hall–Kier alpha value is -0.870. The molecule has 0 radical (unpaired) electrons. The highest BCUT2D eigenvalue weighted by atomic mass is 16.5. The van der Waals surface area contributed by atoms with Crippen molar-refractivity contribution in [3.05, 3.63) is 17.0 Å². The number of ether oxygens (including phenoxy) is 1. The second-order valence-electron chi connectivity index (χ2n) is 5.96. The average molecular weight is 264 g/mol. The number of aromatic nitrogens is 1. The summed E-state index contributed by atoms with van der Waals surface area (Å²) in [7, 11) is 0. The maximum atomic E-state index is 5.50. The summed E-state index contributed by atoms with van der Waals surface area (Å²) in [6.07, 6.45) is 6.03. The molecule has 19 heavy (non-hydrogen) atoms.